The minimum absolute atomic E-state index is 0.0492. The van der Waals surface area contributed by atoms with Gasteiger partial charge in [-0.3, -0.25) is 0 Å². The molecule has 0 saturated heterocycles. The highest BCUT2D eigenvalue weighted by Gasteiger charge is 2.20. The minimum Gasteiger partial charge on any atom is -0.387 e. The van der Waals surface area contributed by atoms with Crippen LogP contribution in [-0.4, -0.2) is 34.2 Å². The third kappa shape index (κ3) is 3.60. The lowest BCUT2D eigenvalue weighted by Crippen LogP contribution is -2.28. The molecular weight excluding hydrogens is 340 g/mol. The number of fused-ring (bicyclic) bond motifs is 1. The van der Waals surface area contributed by atoms with E-state index in [2.05, 4.69) is 9.71 Å². The van der Waals surface area contributed by atoms with Gasteiger partial charge in [-0.2, -0.15) is 0 Å². The van der Waals surface area contributed by atoms with E-state index in [1.807, 2.05) is 49.9 Å². The predicted octanol–water partition coefficient (Wildman–Crippen LogP) is 1.97. The van der Waals surface area contributed by atoms with Crippen LogP contribution in [0.5, 0.6) is 0 Å². The Hall–Kier alpha value is -2.16. The molecule has 0 bridgehead atoms. The largest absolute Gasteiger partial charge is 0.387 e. The van der Waals surface area contributed by atoms with Gasteiger partial charge in [0.1, 0.15) is 0 Å². The van der Waals surface area contributed by atoms with Crippen molar-refractivity contribution >= 4 is 20.9 Å². The van der Waals surface area contributed by atoms with Crippen molar-refractivity contribution < 1.29 is 13.5 Å². The van der Waals surface area contributed by atoms with Gasteiger partial charge in [-0.1, -0.05) is 6.07 Å². The fourth-order valence-corrected chi connectivity index (χ4v) is 3.60. The average Bonchev–Trinajstić information content (AvgIpc) is 3.20. The van der Waals surface area contributed by atoms with Gasteiger partial charge in [-0.25, -0.2) is 18.1 Å². The van der Waals surface area contributed by atoms with Gasteiger partial charge < -0.3 is 14.2 Å². The number of benzene rings is 1. The molecule has 2 aromatic heterocycles. The summed E-state index contributed by atoms with van der Waals surface area (Å²) in [5.41, 5.74) is 1.71. The van der Waals surface area contributed by atoms with E-state index in [0.29, 0.717) is 5.56 Å². The van der Waals surface area contributed by atoms with Crippen molar-refractivity contribution in [2.75, 3.05) is 6.54 Å². The first kappa shape index (κ1) is 17.7. The van der Waals surface area contributed by atoms with Crippen molar-refractivity contribution in [3.63, 3.8) is 0 Å². The van der Waals surface area contributed by atoms with Gasteiger partial charge >= 0.3 is 0 Å². The molecule has 0 aliphatic heterocycles. The van der Waals surface area contributed by atoms with E-state index in [4.69, 9.17) is 0 Å². The molecular formula is C17H22N4O3S. The van der Waals surface area contributed by atoms with Crippen LogP contribution in [0, 0.1) is 0 Å². The molecule has 0 aliphatic carbocycles. The molecule has 0 amide bonds. The van der Waals surface area contributed by atoms with Crippen molar-refractivity contribution in [2.45, 2.75) is 31.0 Å². The Morgan fingerprint density at radius 3 is 2.72 bits per heavy atom. The lowest BCUT2D eigenvalue weighted by atomic mass is 10.1. The summed E-state index contributed by atoms with van der Waals surface area (Å²) >= 11 is 0. The van der Waals surface area contributed by atoms with Crippen LogP contribution < -0.4 is 4.72 Å². The number of nitrogens with zero attached hydrogens (tertiary/aromatic N) is 3. The second-order valence-corrected chi connectivity index (χ2v) is 8.08. The lowest BCUT2D eigenvalue weighted by molar-refractivity contribution is 0.182. The summed E-state index contributed by atoms with van der Waals surface area (Å²) in [6, 6.07) is 7.65. The second kappa shape index (κ2) is 6.62. The predicted molar refractivity (Wildman–Crippen MR) is 95.7 cm³/mol. The van der Waals surface area contributed by atoms with E-state index < -0.39 is 16.1 Å². The highest BCUT2D eigenvalue weighted by atomic mass is 32.2. The molecule has 0 unspecified atom stereocenters. The van der Waals surface area contributed by atoms with Gasteiger partial charge in [0, 0.05) is 37.5 Å². The number of nitrogens with one attached hydrogen (secondary N) is 1. The van der Waals surface area contributed by atoms with Crippen molar-refractivity contribution in [3.05, 3.63) is 48.5 Å². The number of hydrogen-bond acceptors (Lipinski definition) is 4. The van der Waals surface area contributed by atoms with Crippen LogP contribution in [0.2, 0.25) is 0 Å². The summed E-state index contributed by atoms with van der Waals surface area (Å²) in [4.78, 5) is 3.93. The minimum atomic E-state index is -3.76. The fraction of sp³-hybridized carbons (Fsp3) is 0.353. The maximum absolute atomic E-state index is 12.3. The first-order valence-electron chi connectivity index (χ1n) is 8.04. The quantitative estimate of drug-likeness (QED) is 0.702. The van der Waals surface area contributed by atoms with Crippen molar-refractivity contribution in [3.8, 4) is 0 Å². The molecule has 0 radical (unpaired) electrons. The van der Waals surface area contributed by atoms with Gasteiger partial charge in [-0.05, 0) is 43.0 Å². The number of rotatable bonds is 6. The molecule has 0 aliphatic rings. The molecule has 7 nitrogen and oxygen atoms in total. The maximum atomic E-state index is 12.3. The zero-order valence-corrected chi connectivity index (χ0v) is 15.2. The highest BCUT2D eigenvalue weighted by Crippen LogP contribution is 2.21. The van der Waals surface area contributed by atoms with Crippen LogP contribution in [-0.2, 0) is 17.1 Å². The van der Waals surface area contributed by atoms with Gasteiger partial charge in [0.15, 0.2) is 5.03 Å². The lowest BCUT2D eigenvalue weighted by Gasteiger charge is -2.12. The molecule has 0 spiro atoms. The monoisotopic (exact) mass is 362 g/mol. The summed E-state index contributed by atoms with van der Waals surface area (Å²) in [6.07, 6.45) is 3.97. The Labute approximate surface area is 147 Å². The van der Waals surface area contributed by atoms with E-state index >= 15 is 0 Å². The average molecular weight is 362 g/mol. The topological polar surface area (TPSA) is 89.2 Å². The Bertz CT molecular complexity index is 988. The fourth-order valence-electron chi connectivity index (χ4n) is 2.63. The summed E-state index contributed by atoms with van der Waals surface area (Å²) in [6.45, 7) is 3.76. The van der Waals surface area contributed by atoms with Crippen LogP contribution in [0.4, 0.5) is 0 Å². The van der Waals surface area contributed by atoms with Crippen LogP contribution in [0.15, 0.2) is 48.0 Å². The van der Waals surface area contributed by atoms with Gasteiger partial charge in [-0.15, -0.1) is 0 Å². The molecule has 1 aromatic carbocycles. The molecule has 25 heavy (non-hydrogen) atoms. The number of aliphatic hydroxyl groups excluding tert-OH is 1. The molecule has 0 fully saturated rings. The molecule has 1 atom stereocenters. The van der Waals surface area contributed by atoms with Crippen molar-refractivity contribution in [1.82, 2.24) is 18.8 Å². The van der Waals surface area contributed by atoms with Gasteiger partial charge in [0.25, 0.3) is 10.0 Å². The number of aliphatic hydroxyl groups is 1. The first-order chi connectivity index (χ1) is 11.8. The molecule has 2 N–H and O–H groups in total. The van der Waals surface area contributed by atoms with E-state index in [-0.39, 0.29) is 17.6 Å². The third-order valence-corrected chi connectivity index (χ3v) is 5.52. The van der Waals surface area contributed by atoms with E-state index in [9.17, 15) is 13.5 Å². The smallest absolute Gasteiger partial charge is 0.259 e. The number of sulfonamides is 1. The normalized spacial score (nSPS) is 13.6. The van der Waals surface area contributed by atoms with Crippen molar-refractivity contribution in [1.29, 1.82) is 0 Å². The number of imidazole rings is 1. The molecule has 3 aromatic rings. The molecule has 3 rings (SSSR count). The Balaban J connectivity index is 1.72. The Morgan fingerprint density at radius 2 is 2.04 bits per heavy atom. The molecule has 8 heteroatoms. The summed E-state index contributed by atoms with van der Waals surface area (Å²) < 4.78 is 30.8. The van der Waals surface area contributed by atoms with Crippen LogP contribution in [0.3, 0.4) is 0 Å². The van der Waals surface area contributed by atoms with Gasteiger partial charge in [0.2, 0.25) is 0 Å². The molecule has 2 heterocycles. The Morgan fingerprint density at radius 1 is 1.28 bits per heavy atom. The zero-order chi connectivity index (χ0) is 18.2. The first-order valence-corrected chi connectivity index (χ1v) is 9.52. The van der Waals surface area contributed by atoms with E-state index in [0.717, 1.165) is 10.9 Å². The highest BCUT2D eigenvalue weighted by molar-refractivity contribution is 7.89. The van der Waals surface area contributed by atoms with E-state index in [1.165, 1.54) is 12.5 Å². The number of hydrogen-bond donors (Lipinski definition) is 2. The number of aryl methyl sites for hydroxylation is 1. The second-order valence-electron chi connectivity index (χ2n) is 6.37. The van der Waals surface area contributed by atoms with Crippen LogP contribution in [0.1, 0.15) is 31.6 Å². The summed E-state index contributed by atoms with van der Waals surface area (Å²) in [7, 11) is -1.81. The Kier molecular flexibility index (Phi) is 4.68. The van der Waals surface area contributed by atoms with Crippen molar-refractivity contribution in [2.24, 2.45) is 7.05 Å². The van der Waals surface area contributed by atoms with E-state index in [1.54, 1.807) is 10.6 Å². The zero-order valence-electron chi connectivity index (χ0n) is 14.4. The maximum Gasteiger partial charge on any atom is 0.259 e. The standard InChI is InChI=1S/C17H22N4O3S/c1-12(2)21-10-17(18-11-21)25(23,24)19-9-16(22)14-4-5-15-13(8-14)6-7-20(15)3/h4-8,10-12,16,19,22H,9H2,1-3H3/t16-/m1/s1. The number of aromatic nitrogens is 3. The third-order valence-electron chi connectivity index (χ3n) is 4.21. The molecule has 0 saturated carbocycles. The molecule has 134 valence electrons. The van der Waals surface area contributed by atoms with Crippen LogP contribution in [0.25, 0.3) is 10.9 Å². The summed E-state index contributed by atoms with van der Waals surface area (Å²) in [5, 5.41) is 11.3. The summed E-state index contributed by atoms with van der Waals surface area (Å²) in [5.74, 6) is 0. The SMILES string of the molecule is CC(C)n1cnc(S(=O)(=O)NC[C@@H](O)c2ccc3c(ccn3C)c2)c1. The van der Waals surface area contributed by atoms with Gasteiger partial charge in [0.05, 0.1) is 12.4 Å². The van der Waals surface area contributed by atoms with Crippen LogP contribution >= 0.6 is 0 Å².